The minimum absolute atomic E-state index is 0.156. The number of nitriles is 1. The lowest BCUT2D eigenvalue weighted by molar-refractivity contribution is -0.402. The number of furan rings is 1. The summed E-state index contributed by atoms with van der Waals surface area (Å²) < 4.78 is 5.00. The first kappa shape index (κ1) is 14.2. The minimum Gasteiger partial charge on any atom is -0.401 e. The van der Waals surface area contributed by atoms with Crippen molar-refractivity contribution in [3.63, 3.8) is 0 Å². The molecule has 2 heterocycles. The summed E-state index contributed by atoms with van der Waals surface area (Å²) in [5.74, 6) is 0.500. The number of H-pyrrole nitrogens is 1. The number of aromatic nitrogens is 3. The van der Waals surface area contributed by atoms with Gasteiger partial charge in [-0.15, -0.1) is 0 Å². The Morgan fingerprint density at radius 1 is 1.30 bits per heavy atom. The van der Waals surface area contributed by atoms with Crippen molar-refractivity contribution in [1.82, 2.24) is 15.2 Å². The molecule has 0 atom stereocenters. The standard InChI is InChI=1S/C15H9N5O3/c16-9-11(8-12-6-7-13(23-12)20(21)22)15-17-14(18-19-15)10-4-2-1-3-5-10/h1-8H,(H,17,18,19)/b11-8+. The van der Waals surface area contributed by atoms with Crippen molar-refractivity contribution in [3.8, 4) is 17.5 Å². The molecule has 0 amide bonds. The van der Waals surface area contributed by atoms with Gasteiger partial charge in [-0.05, 0) is 6.07 Å². The van der Waals surface area contributed by atoms with Gasteiger partial charge in [0.05, 0.1) is 11.6 Å². The number of allylic oxidation sites excluding steroid dienone is 1. The lowest BCUT2D eigenvalue weighted by atomic mass is 10.2. The molecule has 3 aromatic rings. The number of hydrogen-bond donors (Lipinski definition) is 1. The van der Waals surface area contributed by atoms with Gasteiger partial charge in [-0.1, -0.05) is 30.3 Å². The van der Waals surface area contributed by atoms with Crippen molar-refractivity contribution in [2.45, 2.75) is 0 Å². The normalized spacial score (nSPS) is 11.2. The van der Waals surface area contributed by atoms with Crippen molar-refractivity contribution in [1.29, 1.82) is 5.26 Å². The van der Waals surface area contributed by atoms with Crippen LogP contribution in [0.1, 0.15) is 11.6 Å². The molecule has 2 aromatic heterocycles. The Balaban J connectivity index is 1.92. The van der Waals surface area contributed by atoms with E-state index >= 15 is 0 Å². The van der Waals surface area contributed by atoms with Gasteiger partial charge >= 0.3 is 5.88 Å². The average molecular weight is 307 g/mol. The molecule has 0 saturated carbocycles. The van der Waals surface area contributed by atoms with E-state index in [1.807, 2.05) is 36.4 Å². The lowest BCUT2D eigenvalue weighted by Crippen LogP contribution is -1.85. The maximum absolute atomic E-state index is 10.6. The first-order chi connectivity index (χ1) is 11.2. The molecule has 112 valence electrons. The molecule has 0 fully saturated rings. The summed E-state index contributed by atoms with van der Waals surface area (Å²) in [5.41, 5.74) is 0.963. The number of nitrogens with zero attached hydrogens (tertiary/aromatic N) is 4. The van der Waals surface area contributed by atoms with E-state index in [4.69, 9.17) is 4.42 Å². The van der Waals surface area contributed by atoms with Crippen molar-refractivity contribution < 1.29 is 9.34 Å². The van der Waals surface area contributed by atoms with Crippen molar-refractivity contribution in [3.05, 3.63) is 64.2 Å². The number of hydrogen-bond acceptors (Lipinski definition) is 6. The second-order valence-corrected chi connectivity index (χ2v) is 4.48. The minimum atomic E-state index is -0.647. The van der Waals surface area contributed by atoms with E-state index in [9.17, 15) is 15.4 Å². The summed E-state index contributed by atoms with van der Waals surface area (Å²) >= 11 is 0. The Morgan fingerprint density at radius 2 is 2.09 bits per heavy atom. The molecule has 0 radical (unpaired) electrons. The maximum Gasteiger partial charge on any atom is 0.433 e. The van der Waals surface area contributed by atoms with E-state index in [2.05, 4.69) is 15.2 Å². The molecular formula is C15H9N5O3. The van der Waals surface area contributed by atoms with Crippen LogP contribution in [0.5, 0.6) is 0 Å². The van der Waals surface area contributed by atoms with E-state index in [-0.39, 0.29) is 17.2 Å². The Hall–Kier alpha value is -3.73. The van der Waals surface area contributed by atoms with Crippen LogP contribution in [0.4, 0.5) is 5.88 Å². The summed E-state index contributed by atoms with van der Waals surface area (Å²) in [7, 11) is 0. The number of aromatic amines is 1. The van der Waals surface area contributed by atoms with Gasteiger partial charge in [-0.2, -0.15) is 10.4 Å². The Labute approximate surface area is 129 Å². The molecule has 8 heteroatoms. The summed E-state index contributed by atoms with van der Waals surface area (Å²) in [6.45, 7) is 0. The molecule has 0 aliphatic rings. The van der Waals surface area contributed by atoms with Crippen LogP contribution in [0.25, 0.3) is 23.0 Å². The van der Waals surface area contributed by atoms with Crippen LogP contribution in [-0.4, -0.2) is 20.1 Å². The third-order valence-electron chi connectivity index (χ3n) is 2.97. The highest BCUT2D eigenvalue weighted by Crippen LogP contribution is 2.22. The van der Waals surface area contributed by atoms with Gasteiger partial charge in [0.25, 0.3) is 0 Å². The van der Waals surface area contributed by atoms with Crippen molar-refractivity contribution in [2.24, 2.45) is 0 Å². The van der Waals surface area contributed by atoms with Gasteiger partial charge in [0.1, 0.15) is 16.8 Å². The summed E-state index contributed by atoms with van der Waals surface area (Å²) in [4.78, 5) is 14.2. The predicted octanol–water partition coefficient (Wildman–Crippen LogP) is 3.04. The SMILES string of the molecule is N#C/C(=C\c1ccc([N+](=O)[O-])o1)c1nc(-c2ccccc2)n[nH]1. The first-order valence-corrected chi connectivity index (χ1v) is 6.51. The molecular weight excluding hydrogens is 298 g/mol. The van der Waals surface area contributed by atoms with Gasteiger partial charge in [0.2, 0.25) is 0 Å². The largest absolute Gasteiger partial charge is 0.433 e. The molecule has 0 unspecified atom stereocenters. The molecule has 8 nitrogen and oxygen atoms in total. The fourth-order valence-corrected chi connectivity index (χ4v) is 1.91. The number of nitro groups is 1. The smallest absolute Gasteiger partial charge is 0.401 e. The second kappa shape index (κ2) is 5.95. The lowest BCUT2D eigenvalue weighted by Gasteiger charge is -1.92. The van der Waals surface area contributed by atoms with Crippen LogP contribution >= 0.6 is 0 Å². The van der Waals surface area contributed by atoms with Gasteiger partial charge < -0.3 is 4.42 Å². The van der Waals surface area contributed by atoms with Crippen LogP contribution in [0.2, 0.25) is 0 Å². The highest BCUT2D eigenvalue weighted by Gasteiger charge is 2.14. The molecule has 0 bridgehead atoms. The molecule has 0 aliphatic heterocycles. The maximum atomic E-state index is 10.6. The number of rotatable bonds is 4. The zero-order valence-corrected chi connectivity index (χ0v) is 11.6. The van der Waals surface area contributed by atoms with E-state index in [1.54, 1.807) is 0 Å². The predicted molar refractivity (Wildman–Crippen MR) is 80.7 cm³/mol. The van der Waals surface area contributed by atoms with Crippen LogP contribution in [0.15, 0.2) is 46.9 Å². The van der Waals surface area contributed by atoms with E-state index in [1.165, 1.54) is 18.2 Å². The number of nitrogens with one attached hydrogen (secondary N) is 1. The average Bonchev–Trinajstić information content (AvgIpc) is 3.23. The van der Waals surface area contributed by atoms with Crippen molar-refractivity contribution in [2.75, 3.05) is 0 Å². The molecule has 3 rings (SSSR count). The monoisotopic (exact) mass is 307 g/mol. The van der Waals surface area contributed by atoms with Gasteiger partial charge in [0.15, 0.2) is 11.6 Å². The molecule has 1 aromatic carbocycles. The van der Waals surface area contributed by atoms with Crippen LogP contribution in [0.3, 0.4) is 0 Å². The van der Waals surface area contributed by atoms with E-state index in [0.717, 1.165) is 5.56 Å². The highest BCUT2D eigenvalue weighted by molar-refractivity contribution is 5.86. The zero-order valence-electron chi connectivity index (χ0n) is 11.6. The fraction of sp³-hybridized carbons (Fsp3) is 0. The van der Waals surface area contributed by atoms with E-state index in [0.29, 0.717) is 5.82 Å². The summed E-state index contributed by atoms with van der Waals surface area (Å²) in [6.07, 6.45) is 1.36. The van der Waals surface area contributed by atoms with Gasteiger partial charge in [-0.25, -0.2) is 4.98 Å². The Kier molecular flexibility index (Phi) is 3.68. The first-order valence-electron chi connectivity index (χ1n) is 6.51. The van der Waals surface area contributed by atoms with Gasteiger partial charge in [0, 0.05) is 11.6 Å². The molecule has 0 saturated heterocycles. The number of benzene rings is 1. The molecule has 0 spiro atoms. The Morgan fingerprint density at radius 3 is 2.74 bits per heavy atom. The van der Waals surface area contributed by atoms with Gasteiger partial charge in [-0.3, -0.25) is 15.2 Å². The highest BCUT2D eigenvalue weighted by atomic mass is 16.6. The molecule has 23 heavy (non-hydrogen) atoms. The van der Waals surface area contributed by atoms with Crippen LogP contribution in [-0.2, 0) is 0 Å². The quantitative estimate of drug-likeness (QED) is 0.449. The second-order valence-electron chi connectivity index (χ2n) is 4.48. The van der Waals surface area contributed by atoms with E-state index < -0.39 is 10.8 Å². The van der Waals surface area contributed by atoms with Crippen LogP contribution < -0.4 is 0 Å². The Bertz CT molecular complexity index is 918. The third-order valence-corrected chi connectivity index (χ3v) is 2.97. The summed E-state index contributed by atoms with van der Waals surface area (Å²) in [5, 5.41) is 26.6. The zero-order chi connectivity index (χ0) is 16.2. The molecule has 0 aliphatic carbocycles. The fourth-order valence-electron chi connectivity index (χ4n) is 1.91. The van der Waals surface area contributed by atoms with Crippen LogP contribution in [0, 0.1) is 21.4 Å². The summed E-state index contributed by atoms with van der Waals surface area (Å²) in [6, 6.07) is 13.9. The third kappa shape index (κ3) is 2.98. The topological polar surface area (TPSA) is 122 Å². The van der Waals surface area contributed by atoms with Crippen molar-refractivity contribution >= 4 is 17.5 Å². The molecule has 1 N–H and O–H groups in total.